The van der Waals surface area contributed by atoms with E-state index < -0.39 is 0 Å². The number of nitrogens with zero attached hydrogens (tertiary/aromatic N) is 4. The largest absolute Gasteiger partial charge is 0.345 e. The molecule has 6 heteroatoms. The van der Waals surface area contributed by atoms with Gasteiger partial charge in [-0.1, -0.05) is 0 Å². The summed E-state index contributed by atoms with van der Waals surface area (Å²) in [5, 5.41) is 4.37. The van der Waals surface area contributed by atoms with Crippen LogP contribution in [0, 0.1) is 12.3 Å². The highest BCUT2D eigenvalue weighted by atomic mass is 32.1. The van der Waals surface area contributed by atoms with E-state index in [9.17, 15) is 4.79 Å². The van der Waals surface area contributed by atoms with Crippen LogP contribution in [0.25, 0.3) is 0 Å². The molecule has 2 atom stereocenters. The molecule has 0 aromatic carbocycles. The van der Waals surface area contributed by atoms with E-state index in [0.29, 0.717) is 5.91 Å². The van der Waals surface area contributed by atoms with Crippen molar-refractivity contribution in [2.75, 3.05) is 26.7 Å². The van der Waals surface area contributed by atoms with Gasteiger partial charge in [0.15, 0.2) is 0 Å². The topological polar surface area (TPSA) is 41.4 Å². The van der Waals surface area contributed by atoms with E-state index in [-0.39, 0.29) is 11.3 Å². The molecule has 0 aliphatic carbocycles. The maximum atomic E-state index is 13.2. The van der Waals surface area contributed by atoms with E-state index >= 15 is 0 Å². The zero-order chi connectivity index (χ0) is 17.6. The van der Waals surface area contributed by atoms with Gasteiger partial charge in [-0.3, -0.25) is 14.4 Å². The van der Waals surface area contributed by atoms with Crippen molar-refractivity contribution in [1.29, 1.82) is 0 Å². The Morgan fingerprint density at radius 1 is 1.32 bits per heavy atom. The molecule has 2 aliphatic heterocycles. The molecule has 0 N–H and O–H groups in total. The van der Waals surface area contributed by atoms with E-state index in [0.717, 1.165) is 39.0 Å². The molecule has 1 amide bonds. The molecule has 2 aliphatic rings. The molecule has 0 unspecified atom stereocenters. The number of hydrogen-bond acceptors (Lipinski definition) is 4. The number of thiophene rings is 1. The van der Waals surface area contributed by atoms with Gasteiger partial charge in [-0.15, -0.1) is 11.3 Å². The molecule has 0 bridgehead atoms. The van der Waals surface area contributed by atoms with Gasteiger partial charge in [-0.2, -0.15) is 5.10 Å². The molecule has 4 heterocycles. The minimum Gasteiger partial charge on any atom is -0.345 e. The molecule has 0 radical (unpaired) electrons. The lowest BCUT2D eigenvalue weighted by Crippen LogP contribution is -2.50. The lowest BCUT2D eigenvalue weighted by molar-refractivity contribution is -0.145. The van der Waals surface area contributed by atoms with Gasteiger partial charge in [0.05, 0.1) is 5.41 Å². The van der Waals surface area contributed by atoms with Crippen molar-refractivity contribution in [1.82, 2.24) is 19.6 Å². The number of piperidine rings is 1. The second-order valence-electron chi connectivity index (χ2n) is 7.60. The maximum absolute atomic E-state index is 13.2. The summed E-state index contributed by atoms with van der Waals surface area (Å²) in [4.78, 5) is 20.4. The number of carbonyl (C=O) groups is 1. The number of rotatable bonds is 3. The van der Waals surface area contributed by atoms with Crippen LogP contribution in [0.2, 0.25) is 0 Å². The fourth-order valence-corrected chi connectivity index (χ4v) is 5.64. The SMILES string of the molecule is Cc1ccc(CN2C[C@@H](c3ccnn3C)[C@@]3(CCCN(C)C3=O)C2)s1. The van der Waals surface area contributed by atoms with Crippen LogP contribution >= 0.6 is 11.3 Å². The lowest BCUT2D eigenvalue weighted by Gasteiger charge is -2.41. The van der Waals surface area contributed by atoms with Crippen LogP contribution in [-0.2, 0) is 18.4 Å². The standard InChI is InChI=1S/C19H26N4OS/c1-14-5-6-15(25-14)11-23-12-16(17-7-9-20-22(17)3)19(13-23)8-4-10-21(2)18(19)24/h5-7,9,16H,4,8,10-13H2,1-3H3/t16-,19+/m0/s1. The van der Waals surface area contributed by atoms with Crippen LogP contribution in [-0.4, -0.2) is 52.2 Å². The second-order valence-corrected chi connectivity index (χ2v) is 8.97. The third-order valence-electron chi connectivity index (χ3n) is 5.89. The molecule has 134 valence electrons. The Bertz CT molecular complexity index is 782. The fraction of sp³-hybridized carbons (Fsp3) is 0.579. The third kappa shape index (κ3) is 2.81. The number of likely N-dealkylation sites (tertiary alicyclic amines) is 2. The highest BCUT2D eigenvalue weighted by Crippen LogP contribution is 2.49. The Balaban J connectivity index is 1.67. The quantitative estimate of drug-likeness (QED) is 0.847. The number of hydrogen-bond donors (Lipinski definition) is 0. The molecule has 2 aromatic rings. The van der Waals surface area contributed by atoms with Crippen molar-refractivity contribution < 1.29 is 4.79 Å². The number of aryl methyl sites for hydroxylation is 2. The molecule has 2 aromatic heterocycles. The summed E-state index contributed by atoms with van der Waals surface area (Å²) >= 11 is 1.86. The number of aromatic nitrogens is 2. The van der Waals surface area contributed by atoms with Crippen molar-refractivity contribution in [2.45, 2.75) is 32.2 Å². The van der Waals surface area contributed by atoms with Crippen LogP contribution in [0.1, 0.15) is 34.2 Å². The normalized spacial score (nSPS) is 27.6. The van der Waals surface area contributed by atoms with E-state index in [1.807, 2.05) is 41.2 Å². The summed E-state index contributed by atoms with van der Waals surface area (Å²) in [6, 6.07) is 6.50. The first kappa shape index (κ1) is 16.8. The Kier molecular flexibility index (Phi) is 4.20. The smallest absolute Gasteiger partial charge is 0.230 e. The number of carbonyl (C=O) groups excluding carboxylic acids is 1. The Labute approximate surface area is 153 Å². The first-order valence-corrected chi connectivity index (χ1v) is 9.82. The van der Waals surface area contributed by atoms with Gasteiger partial charge >= 0.3 is 0 Å². The van der Waals surface area contributed by atoms with Crippen molar-refractivity contribution in [3.8, 4) is 0 Å². The predicted octanol–water partition coefficient (Wildman–Crippen LogP) is 2.63. The fourth-order valence-electron chi connectivity index (χ4n) is 4.71. The third-order valence-corrected chi connectivity index (χ3v) is 6.88. The molecular weight excluding hydrogens is 332 g/mol. The van der Waals surface area contributed by atoms with Gasteiger partial charge in [-0.05, 0) is 38.0 Å². The minimum atomic E-state index is -0.299. The van der Waals surface area contributed by atoms with E-state index in [1.165, 1.54) is 15.4 Å². The Morgan fingerprint density at radius 3 is 2.84 bits per heavy atom. The zero-order valence-corrected chi connectivity index (χ0v) is 16.1. The highest BCUT2D eigenvalue weighted by Gasteiger charge is 2.55. The van der Waals surface area contributed by atoms with Gasteiger partial charge < -0.3 is 4.90 Å². The second kappa shape index (κ2) is 6.25. The van der Waals surface area contributed by atoms with Crippen LogP contribution in [0.3, 0.4) is 0 Å². The van der Waals surface area contributed by atoms with E-state index in [1.54, 1.807) is 0 Å². The molecule has 4 rings (SSSR count). The van der Waals surface area contributed by atoms with E-state index in [4.69, 9.17) is 0 Å². The molecule has 25 heavy (non-hydrogen) atoms. The maximum Gasteiger partial charge on any atom is 0.230 e. The molecule has 2 saturated heterocycles. The first-order valence-electron chi connectivity index (χ1n) is 9.01. The average molecular weight is 359 g/mol. The van der Waals surface area contributed by atoms with Crippen LogP contribution in [0.4, 0.5) is 0 Å². The molecule has 1 spiro atoms. The zero-order valence-electron chi connectivity index (χ0n) is 15.2. The highest BCUT2D eigenvalue weighted by molar-refractivity contribution is 7.11. The summed E-state index contributed by atoms with van der Waals surface area (Å²) in [5.74, 6) is 0.533. The molecular formula is C19H26N4OS. The minimum absolute atomic E-state index is 0.219. The van der Waals surface area contributed by atoms with Crippen molar-refractivity contribution in [3.63, 3.8) is 0 Å². The Hall–Kier alpha value is -1.66. The summed E-state index contributed by atoms with van der Waals surface area (Å²) in [7, 11) is 3.94. The van der Waals surface area contributed by atoms with Crippen LogP contribution in [0.15, 0.2) is 24.4 Å². The summed E-state index contributed by atoms with van der Waals surface area (Å²) in [5.41, 5.74) is 0.890. The predicted molar refractivity (Wildman–Crippen MR) is 99.6 cm³/mol. The van der Waals surface area contributed by atoms with E-state index in [2.05, 4.69) is 35.1 Å². The summed E-state index contributed by atoms with van der Waals surface area (Å²) in [6.45, 7) is 5.74. The number of amides is 1. The average Bonchev–Trinajstić information content (AvgIpc) is 3.26. The van der Waals surface area contributed by atoms with Gasteiger partial charge in [0.25, 0.3) is 0 Å². The van der Waals surface area contributed by atoms with Crippen LogP contribution < -0.4 is 0 Å². The Morgan fingerprint density at radius 2 is 2.16 bits per heavy atom. The lowest BCUT2D eigenvalue weighted by atomic mass is 9.70. The van der Waals surface area contributed by atoms with Gasteiger partial charge in [0.1, 0.15) is 0 Å². The van der Waals surface area contributed by atoms with Gasteiger partial charge in [0, 0.05) is 67.8 Å². The molecule has 0 saturated carbocycles. The van der Waals surface area contributed by atoms with Crippen molar-refractivity contribution in [3.05, 3.63) is 39.8 Å². The summed E-state index contributed by atoms with van der Waals surface area (Å²) < 4.78 is 1.95. The van der Waals surface area contributed by atoms with Gasteiger partial charge in [-0.25, -0.2) is 0 Å². The molecule has 2 fully saturated rings. The summed E-state index contributed by atoms with van der Waals surface area (Å²) in [6.07, 6.45) is 3.92. The van der Waals surface area contributed by atoms with Crippen molar-refractivity contribution in [2.24, 2.45) is 12.5 Å². The van der Waals surface area contributed by atoms with Crippen molar-refractivity contribution >= 4 is 17.2 Å². The first-order chi connectivity index (χ1) is 12.0. The van der Waals surface area contributed by atoms with Crippen LogP contribution in [0.5, 0.6) is 0 Å². The molecule has 5 nitrogen and oxygen atoms in total. The van der Waals surface area contributed by atoms with Gasteiger partial charge in [0.2, 0.25) is 5.91 Å². The monoisotopic (exact) mass is 358 g/mol.